The van der Waals surface area contributed by atoms with Crippen LogP contribution in [0.15, 0.2) is 0 Å². The number of primary amides is 1. The maximum Gasteiger partial charge on any atom is 0.223 e. The lowest BCUT2D eigenvalue weighted by atomic mass is 10.0. The predicted molar refractivity (Wildman–Crippen MR) is 52.1 cm³/mol. The van der Waals surface area contributed by atoms with Crippen LogP contribution in [0.25, 0.3) is 0 Å². The van der Waals surface area contributed by atoms with Crippen LogP contribution >= 0.6 is 0 Å². The number of amides is 2. The van der Waals surface area contributed by atoms with Gasteiger partial charge in [-0.15, -0.1) is 0 Å². The fourth-order valence-electron chi connectivity index (χ4n) is 1.59. The van der Waals surface area contributed by atoms with Crippen molar-refractivity contribution in [2.45, 2.75) is 25.8 Å². The van der Waals surface area contributed by atoms with Crippen LogP contribution in [0.5, 0.6) is 0 Å². The lowest BCUT2D eigenvalue weighted by Gasteiger charge is -2.34. The van der Waals surface area contributed by atoms with Crippen LogP contribution in [-0.2, 0) is 9.59 Å². The summed E-state index contributed by atoms with van der Waals surface area (Å²) in [5, 5.41) is 0. The van der Waals surface area contributed by atoms with Crippen LogP contribution < -0.4 is 11.5 Å². The number of carbonyl (C=O) groups excluding carboxylic acids is 2. The Morgan fingerprint density at radius 1 is 1.64 bits per heavy atom. The van der Waals surface area contributed by atoms with Crippen molar-refractivity contribution in [3.05, 3.63) is 0 Å². The molecule has 1 atom stereocenters. The van der Waals surface area contributed by atoms with Gasteiger partial charge in [0, 0.05) is 25.0 Å². The van der Waals surface area contributed by atoms with E-state index in [1.54, 1.807) is 4.90 Å². The first kappa shape index (κ1) is 11.0. The molecule has 5 nitrogen and oxygen atoms in total. The van der Waals surface area contributed by atoms with E-state index in [1.807, 2.05) is 13.8 Å². The van der Waals surface area contributed by atoms with Crippen molar-refractivity contribution in [2.75, 3.05) is 13.1 Å². The van der Waals surface area contributed by atoms with Crippen molar-refractivity contribution in [1.29, 1.82) is 0 Å². The first-order chi connectivity index (χ1) is 6.38. The molecule has 14 heavy (non-hydrogen) atoms. The van der Waals surface area contributed by atoms with E-state index in [9.17, 15) is 9.59 Å². The fourth-order valence-corrected chi connectivity index (χ4v) is 1.59. The first-order valence-electron chi connectivity index (χ1n) is 4.68. The molecule has 1 unspecified atom stereocenters. The maximum atomic E-state index is 11.6. The number of nitrogens with two attached hydrogens (primary N) is 2. The highest BCUT2D eigenvalue weighted by atomic mass is 16.2. The van der Waals surface area contributed by atoms with E-state index in [1.165, 1.54) is 0 Å². The van der Waals surface area contributed by atoms with E-state index in [2.05, 4.69) is 0 Å². The molecule has 1 heterocycles. The minimum Gasteiger partial charge on any atom is -0.369 e. The van der Waals surface area contributed by atoms with Crippen molar-refractivity contribution in [3.8, 4) is 0 Å². The van der Waals surface area contributed by atoms with Crippen LogP contribution in [0.4, 0.5) is 0 Å². The third-order valence-corrected chi connectivity index (χ3v) is 2.76. The Morgan fingerprint density at radius 2 is 2.21 bits per heavy atom. The second-order valence-corrected chi connectivity index (χ2v) is 4.32. The van der Waals surface area contributed by atoms with Gasteiger partial charge in [-0.3, -0.25) is 9.59 Å². The van der Waals surface area contributed by atoms with E-state index >= 15 is 0 Å². The van der Waals surface area contributed by atoms with Crippen molar-refractivity contribution < 1.29 is 9.59 Å². The van der Waals surface area contributed by atoms with Gasteiger partial charge in [0.15, 0.2) is 0 Å². The minimum atomic E-state index is -0.409. The van der Waals surface area contributed by atoms with Gasteiger partial charge in [0.2, 0.25) is 11.8 Å². The molecule has 0 spiro atoms. The van der Waals surface area contributed by atoms with Crippen molar-refractivity contribution in [1.82, 2.24) is 4.90 Å². The molecule has 0 aromatic rings. The van der Waals surface area contributed by atoms with Crippen LogP contribution in [0.3, 0.4) is 0 Å². The minimum absolute atomic E-state index is 0.0377. The summed E-state index contributed by atoms with van der Waals surface area (Å²) in [6, 6.07) is 0. The maximum absolute atomic E-state index is 11.6. The SMILES string of the molecule is CC(C)(CN)N1CC(C(N)=O)CC1=O. The molecule has 0 bridgehead atoms. The summed E-state index contributed by atoms with van der Waals surface area (Å²) in [6.45, 7) is 4.55. The normalized spacial score (nSPS) is 22.9. The molecule has 5 heteroatoms. The molecule has 1 fully saturated rings. The van der Waals surface area contributed by atoms with E-state index in [4.69, 9.17) is 11.5 Å². The molecule has 1 rings (SSSR count). The monoisotopic (exact) mass is 199 g/mol. The summed E-state index contributed by atoms with van der Waals surface area (Å²) in [5.41, 5.74) is 10.3. The zero-order valence-electron chi connectivity index (χ0n) is 8.62. The topological polar surface area (TPSA) is 89.4 Å². The molecular weight excluding hydrogens is 182 g/mol. The number of hydrogen-bond donors (Lipinski definition) is 2. The van der Waals surface area contributed by atoms with E-state index in [0.29, 0.717) is 13.1 Å². The molecule has 1 saturated heterocycles. The Hall–Kier alpha value is -1.10. The highest BCUT2D eigenvalue weighted by Gasteiger charge is 2.39. The average molecular weight is 199 g/mol. The summed E-state index contributed by atoms with van der Waals surface area (Å²) < 4.78 is 0. The van der Waals surface area contributed by atoms with E-state index in [0.717, 1.165) is 0 Å². The number of carbonyl (C=O) groups is 2. The Morgan fingerprint density at radius 3 is 2.57 bits per heavy atom. The highest BCUT2D eigenvalue weighted by molar-refractivity contribution is 5.88. The first-order valence-corrected chi connectivity index (χ1v) is 4.68. The Bertz CT molecular complexity index is 263. The van der Waals surface area contributed by atoms with E-state index < -0.39 is 5.91 Å². The van der Waals surface area contributed by atoms with Crippen LogP contribution in [0.2, 0.25) is 0 Å². The highest BCUT2D eigenvalue weighted by Crippen LogP contribution is 2.25. The molecule has 0 saturated carbocycles. The van der Waals surface area contributed by atoms with Gasteiger partial charge >= 0.3 is 0 Å². The summed E-state index contributed by atoms with van der Waals surface area (Å²) in [4.78, 5) is 24.1. The summed E-state index contributed by atoms with van der Waals surface area (Å²) in [6.07, 6.45) is 0.221. The van der Waals surface area contributed by atoms with Gasteiger partial charge in [0.1, 0.15) is 0 Å². The average Bonchev–Trinajstić information content (AvgIpc) is 2.48. The van der Waals surface area contributed by atoms with Crippen molar-refractivity contribution in [2.24, 2.45) is 17.4 Å². The van der Waals surface area contributed by atoms with Gasteiger partial charge in [0.25, 0.3) is 0 Å². The van der Waals surface area contributed by atoms with E-state index in [-0.39, 0.29) is 23.8 Å². The van der Waals surface area contributed by atoms with Gasteiger partial charge in [0.05, 0.1) is 5.92 Å². The van der Waals surface area contributed by atoms with Crippen molar-refractivity contribution in [3.63, 3.8) is 0 Å². The zero-order chi connectivity index (χ0) is 10.9. The van der Waals surface area contributed by atoms with Gasteiger partial charge in [-0.25, -0.2) is 0 Å². The molecule has 1 aliphatic rings. The van der Waals surface area contributed by atoms with Crippen LogP contribution in [0.1, 0.15) is 20.3 Å². The quantitative estimate of drug-likeness (QED) is 0.614. The smallest absolute Gasteiger partial charge is 0.223 e. The molecule has 2 amide bonds. The van der Waals surface area contributed by atoms with Crippen molar-refractivity contribution >= 4 is 11.8 Å². The third-order valence-electron chi connectivity index (χ3n) is 2.76. The lowest BCUT2D eigenvalue weighted by Crippen LogP contribution is -2.50. The van der Waals surface area contributed by atoms with Gasteiger partial charge < -0.3 is 16.4 Å². The Kier molecular flexibility index (Phi) is 2.80. The molecule has 80 valence electrons. The molecule has 0 aliphatic carbocycles. The molecule has 4 N–H and O–H groups in total. The Balaban J connectivity index is 2.75. The molecule has 1 aliphatic heterocycles. The fraction of sp³-hybridized carbons (Fsp3) is 0.778. The van der Waals surface area contributed by atoms with Gasteiger partial charge in [-0.05, 0) is 13.8 Å². The number of likely N-dealkylation sites (tertiary alicyclic amines) is 1. The standard InChI is InChI=1S/C9H17N3O2/c1-9(2,5-10)12-4-6(8(11)14)3-7(12)13/h6H,3-5,10H2,1-2H3,(H2,11,14). The molecule has 0 aromatic carbocycles. The second-order valence-electron chi connectivity index (χ2n) is 4.32. The third kappa shape index (κ3) is 1.87. The Labute approximate surface area is 83.4 Å². The van der Waals surface area contributed by atoms with Crippen LogP contribution in [0, 0.1) is 5.92 Å². The molecular formula is C9H17N3O2. The summed E-state index contributed by atoms with van der Waals surface area (Å²) in [7, 11) is 0. The molecule has 0 radical (unpaired) electrons. The zero-order valence-corrected chi connectivity index (χ0v) is 8.62. The summed E-state index contributed by atoms with van der Waals surface area (Å²) >= 11 is 0. The molecule has 0 aromatic heterocycles. The van der Waals surface area contributed by atoms with Gasteiger partial charge in [-0.1, -0.05) is 0 Å². The predicted octanol–water partition coefficient (Wildman–Crippen LogP) is -0.942. The number of rotatable bonds is 3. The number of nitrogens with zero attached hydrogens (tertiary/aromatic N) is 1. The summed E-state index contributed by atoms with van der Waals surface area (Å²) in [5.74, 6) is -0.800. The van der Waals surface area contributed by atoms with Crippen LogP contribution in [-0.4, -0.2) is 35.3 Å². The second kappa shape index (κ2) is 3.57. The van der Waals surface area contributed by atoms with Gasteiger partial charge in [-0.2, -0.15) is 0 Å². The number of hydrogen-bond acceptors (Lipinski definition) is 3. The largest absolute Gasteiger partial charge is 0.369 e. The lowest BCUT2D eigenvalue weighted by molar-refractivity contribution is -0.132.